The molecule has 0 saturated carbocycles. The van der Waals surface area contributed by atoms with Gasteiger partial charge in [-0.05, 0) is 30.7 Å². The van der Waals surface area contributed by atoms with Crippen LogP contribution in [0.1, 0.15) is 13.3 Å². The maximum absolute atomic E-state index is 10.7. The monoisotopic (exact) mass is 194 g/mol. The Morgan fingerprint density at radius 2 is 2.07 bits per heavy atom. The van der Waals surface area contributed by atoms with Crippen molar-refractivity contribution in [3.63, 3.8) is 0 Å². The Morgan fingerprint density at radius 1 is 1.50 bits per heavy atom. The van der Waals surface area contributed by atoms with Gasteiger partial charge in [-0.1, -0.05) is 6.92 Å². The lowest BCUT2D eigenvalue weighted by Gasteiger charge is -2.13. The molecule has 4 heteroatoms. The normalized spacial score (nSPS) is 12.1. The molecule has 0 aliphatic rings. The first kappa shape index (κ1) is 10.4. The van der Waals surface area contributed by atoms with E-state index in [1.165, 1.54) is 0 Å². The van der Waals surface area contributed by atoms with Crippen molar-refractivity contribution in [2.24, 2.45) is 0 Å². The molecule has 1 rings (SSSR count). The van der Waals surface area contributed by atoms with Gasteiger partial charge in [0.05, 0.1) is 0 Å². The van der Waals surface area contributed by atoms with Crippen LogP contribution in [0.15, 0.2) is 24.3 Å². The first-order valence-corrected chi connectivity index (χ1v) is 4.48. The van der Waals surface area contributed by atoms with Gasteiger partial charge in [0.15, 0.2) is 0 Å². The van der Waals surface area contributed by atoms with Crippen molar-refractivity contribution in [3.8, 4) is 0 Å². The Morgan fingerprint density at radius 3 is 2.50 bits per heavy atom. The number of carboxylic acids is 1. The Bertz CT molecular complexity index is 308. The van der Waals surface area contributed by atoms with E-state index in [1.807, 2.05) is 6.92 Å². The number of hydrogen-bond acceptors (Lipinski definition) is 3. The smallest absolute Gasteiger partial charge is 0.326 e. The Balaban J connectivity index is 2.67. The molecule has 0 aliphatic carbocycles. The first-order valence-electron chi connectivity index (χ1n) is 4.48. The van der Waals surface area contributed by atoms with Gasteiger partial charge in [-0.2, -0.15) is 0 Å². The number of nitrogens with one attached hydrogen (secondary N) is 1. The van der Waals surface area contributed by atoms with Gasteiger partial charge in [-0.25, -0.2) is 4.79 Å². The number of benzene rings is 1. The lowest BCUT2D eigenvalue weighted by atomic mass is 10.2. The van der Waals surface area contributed by atoms with E-state index in [0.29, 0.717) is 12.1 Å². The third-order valence-electron chi connectivity index (χ3n) is 1.96. The number of aliphatic carboxylic acids is 1. The van der Waals surface area contributed by atoms with E-state index < -0.39 is 12.0 Å². The van der Waals surface area contributed by atoms with Gasteiger partial charge in [0, 0.05) is 11.4 Å². The average Bonchev–Trinajstić information content (AvgIpc) is 2.16. The molecule has 4 nitrogen and oxygen atoms in total. The van der Waals surface area contributed by atoms with Crippen LogP contribution in [0.25, 0.3) is 0 Å². The molecule has 0 aromatic heterocycles. The molecule has 0 unspecified atom stereocenters. The lowest BCUT2D eigenvalue weighted by molar-refractivity contribution is -0.137. The summed E-state index contributed by atoms with van der Waals surface area (Å²) in [5, 5.41) is 11.7. The number of hydrogen-bond donors (Lipinski definition) is 3. The molecule has 14 heavy (non-hydrogen) atoms. The minimum atomic E-state index is -0.843. The quantitative estimate of drug-likeness (QED) is 0.635. The van der Waals surface area contributed by atoms with Crippen molar-refractivity contribution in [1.29, 1.82) is 0 Å². The van der Waals surface area contributed by atoms with E-state index in [4.69, 9.17) is 10.8 Å². The zero-order valence-corrected chi connectivity index (χ0v) is 8.03. The summed E-state index contributed by atoms with van der Waals surface area (Å²) in [5.41, 5.74) is 6.94. The number of carboxylic acid groups (broad SMARTS) is 1. The number of nitrogen functional groups attached to an aromatic ring is 1. The first-order chi connectivity index (χ1) is 6.63. The molecule has 0 aliphatic heterocycles. The summed E-state index contributed by atoms with van der Waals surface area (Å²) in [7, 11) is 0. The van der Waals surface area contributed by atoms with Gasteiger partial charge in [-0.3, -0.25) is 0 Å². The summed E-state index contributed by atoms with van der Waals surface area (Å²) in [5.74, 6) is -0.843. The minimum absolute atomic E-state index is 0.541. The second-order valence-electron chi connectivity index (χ2n) is 3.07. The van der Waals surface area contributed by atoms with E-state index in [1.54, 1.807) is 24.3 Å². The highest BCUT2D eigenvalue weighted by Gasteiger charge is 2.13. The second kappa shape index (κ2) is 4.50. The van der Waals surface area contributed by atoms with E-state index >= 15 is 0 Å². The zero-order valence-electron chi connectivity index (χ0n) is 8.03. The van der Waals surface area contributed by atoms with Crippen LogP contribution in [-0.4, -0.2) is 17.1 Å². The third-order valence-corrected chi connectivity index (χ3v) is 1.96. The minimum Gasteiger partial charge on any atom is -0.480 e. The van der Waals surface area contributed by atoms with Crippen LogP contribution in [0.5, 0.6) is 0 Å². The summed E-state index contributed by atoms with van der Waals surface area (Å²) in [6, 6.07) is 6.45. The van der Waals surface area contributed by atoms with Gasteiger partial charge in [0.1, 0.15) is 6.04 Å². The van der Waals surface area contributed by atoms with Gasteiger partial charge in [0.2, 0.25) is 0 Å². The maximum atomic E-state index is 10.7. The van der Waals surface area contributed by atoms with Crippen LogP contribution in [0.4, 0.5) is 11.4 Å². The van der Waals surface area contributed by atoms with Crippen LogP contribution in [0.2, 0.25) is 0 Å². The standard InChI is InChI=1S/C10H14N2O2/c1-2-9(10(13)14)12-8-5-3-7(11)4-6-8/h3-6,9,12H,2,11H2,1H3,(H,13,14)/t9-/m1/s1. The van der Waals surface area contributed by atoms with Crippen LogP contribution in [0.3, 0.4) is 0 Å². The summed E-state index contributed by atoms with van der Waals surface area (Å²) in [4.78, 5) is 10.7. The Kier molecular flexibility index (Phi) is 3.34. The Hall–Kier alpha value is -1.71. The number of anilines is 2. The molecule has 1 atom stereocenters. The fraction of sp³-hybridized carbons (Fsp3) is 0.300. The number of rotatable bonds is 4. The molecule has 0 bridgehead atoms. The zero-order chi connectivity index (χ0) is 10.6. The van der Waals surface area contributed by atoms with Crippen LogP contribution in [-0.2, 0) is 4.79 Å². The highest BCUT2D eigenvalue weighted by atomic mass is 16.4. The molecule has 0 radical (unpaired) electrons. The number of nitrogens with two attached hydrogens (primary N) is 1. The van der Waals surface area contributed by atoms with Crippen molar-refractivity contribution in [3.05, 3.63) is 24.3 Å². The van der Waals surface area contributed by atoms with Crippen molar-refractivity contribution in [1.82, 2.24) is 0 Å². The van der Waals surface area contributed by atoms with Crippen molar-refractivity contribution in [2.45, 2.75) is 19.4 Å². The molecule has 0 saturated heterocycles. The maximum Gasteiger partial charge on any atom is 0.326 e. The fourth-order valence-electron chi connectivity index (χ4n) is 1.12. The predicted molar refractivity (Wildman–Crippen MR) is 56.2 cm³/mol. The molecule has 1 aromatic carbocycles. The summed E-state index contributed by atoms with van der Waals surface area (Å²) in [6.07, 6.45) is 0.541. The van der Waals surface area contributed by atoms with Crippen molar-refractivity contribution >= 4 is 17.3 Å². The predicted octanol–water partition coefficient (Wildman–Crippen LogP) is 1.54. The van der Waals surface area contributed by atoms with Crippen LogP contribution < -0.4 is 11.1 Å². The Labute approximate surface area is 82.7 Å². The molecule has 0 amide bonds. The molecule has 0 fully saturated rings. The largest absolute Gasteiger partial charge is 0.480 e. The summed E-state index contributed by atoms with van der Waals surface area (Å²) >= 11 is 0. The highest BCUT2D eigenvalue weighted by molar-refractivity contribution is 5.77. The number of carbonyl (C=O) groups is 1. The summed E-state index contributed by atoms with van der Waals surface area (Å²) in [6.45, 7) is 1.82. The topological polar surface area (TPSA) is 75.3 Å². The van der Waals surface area contributed by atoms with E-state index in [0.717, 1.165) is 5.69 Å². The van der Waals surface area contributed by atoms with E-state index in [-0.39, 0.29) is 0 Å². The van der Waals surface area contributed by atoms with Gasteiger partial charge < -0.3 is 16.2 Å². The SMILES string of the molecule is CC[C@@H](Nc1ccc(N)cc1)C(=O)O. The molecule has 76 valence electrons. The van der Waals surface area contributed by atoms with E-state index in [9.17, 15) is 4.79 Å². The third kappa shape index (κ3) is 2.65. The fourth-order valence-corrected chi connectivity index (χ4v) is 1.12. The molecular weight excluding hydrogens is 180 g/mol. The lowest BCUT2D eigenvalue weighted by Crippen LogP contribution is -2.28. The highest BCUT2D eigenvalue weighted by Crippen LogP contribution is 2.12. The average molecular weight is 194 g/mol. The molecule has 4 N–H and O–H groups in total. The molecule has 1 aromatic rings. The second-order valence-corrected chi connectivity index (χ2v) is 3.07. The van der Waals surface area contributed by atoms with Gasteiger partial charge in [0.25, 0.3) is 0 Å². The summed E-state index contributed by atoms with van der Waals surface area (Å²) < 4.78 is 0. The van der Waals surface area contributed by atoms with Gasteiger partial charge >= 0.3 is 5.97 Å². The molecule has 0 spiro atoms. The molecule has 0 heterocycles. The van der Waals surface area contributed by atoms with Crippen molar-refractivity contribution < 1.29 is 9.90 Å². The van der Waals surface area contributed by atoms with Gasteiger partial charge in [-0.15, -0.1) is 0 Å². The van der Waals surface area contributed by atoms with E-state index in [2.05, 4.69) is 5.32 Å². The molecular formula is C10H14N2O2. The van der Waals surface area contributed by atoms with Crippen LogP contribution in [0, 0.1) is 0 Å². The van der Waals surface area contributed by atoms with Crippen LogP contribution >= 0.6 is 0 Å². The van der Waals surface area contributed by atoms with Crippen molar-refractivity contribution in [2.75, 3.05) is 11.1 Å².